The molecule has 3 N–H and O–H groups in total. The van der Waals surface area contributed by atoms with E-state index in [2.05, 4.69) is 16.0 Å². The van der Waals surface area contributed by atoms with Crippen molar-refractivity contribution < 1.29 is 9.59 Å². The highest BCUT2D eigenvalue weighted by molar-refractivity contribution is 5.78. The van der Waals surface area contributed by atoms with Gasteiger partial charge in [0.15, 0.2) is 0 Å². The molecule has 0 aromatic heterocycles. The maximum absolute atomic E-state index is 11.2. The van der Waals surface area contributed by atoms with E-state index in [-0.39, 0.29) is 11.7 Å². The van der Waals surface area contributed by atoms with E-state index >= 15 is 0 Å². The van der Waals surface area contributed by atoms with Crippen LogP contribution in [-0.4, -0.2) is 44.9 Å². The van der Waals surface area contributed by atoms with Crippen LogP contribution >= 0.6 is 0 Å². The zero-order valence-corrected chi connectivity index (χ0v) is 10.3. The molecule has 0 radical (unpaired) electrons. The SMILES string of the molecule is CNCCCNCC(=O)NCCCC(C)=O. The highest BCUT2D eigenvalue weighted by atomic mass is 16.2. The quantitative estimate of drug-likeness (QED) is 0.449. The Morgan fingerprint density at radius 1 is 1.06 bits per heavy atom. The Labute approximate surface area is 97.4 Å². The minimum Gasteiger partial charge on any atom is -0.355 e. The average molecular weight is 229 g/mol. The van der Waals surface area contributed by atoms with Crippen molar-refractivity contribution >= 4 is 11.7 Å². The van der Waals surface area contributed by atoms with Crippen LogP contribution in [-0.2, 0) is 9.59 Å². The summed E-state index contributed by atoms with van der Waals surface area (Å²) in [4.78, 5) is 21.9. The molecule has 0 spiro atoms. The van der Waals surface area contributed by atoms with Gasteiger partial charge in [0.05, 0.1) is 6.54 Å². The van der Waals surface area contributed by atoms with E-state index in [9.17, 15) is 9.59 Å². The molecule has 94 valence electrons. The summed E-state index contributed by atoms with van der Waals surface area (Å²) in [6, 6.07) is 0. The fourth-order valence-electron chi connectivity index (χ4n) is 1.22. The number of hydrogen-bond acceptors (Lipinski definition) is 4. The Morgan fingerprint density at radius 2 is 1.81 bits per heavy atom. The standard InChI is InChI=1S/C11H23N3O2/c1-10(15)5-3-8-14-11(16)9-13-7-4-6-12-2/h12-13H,3-9H2,1-2H3,(H,14,16). The number of amides is 1. The average Bonchev–Trinajstić information content (AvgIpc) is 2.24. The third-order valence-corrected chi connectivity index (χ3v) is 2.09. The van der Waals surface area contributed by atoms with E-state index in [0.29, 0.717) is 19.5 Å². The van der Waals surface area contributed by atoms with Gasteiger partial charge in [0.2, 0.25) is 5.91 Å². The summed E-state index contributed by atoms with van der Waals surface area (Å²) in [6.07, 6.45) is 2.27. The fraction of sp³-hybridized carbons (Fsp3) is 0.818. The molecule has 0 atom stereocenters. The predicted octanol–water partition coefficient (Wildman–Crippen LogP) is -0.329. The van der Waals surface area contributed by atoms with Crippen LogP contribution in [0.25, 0.3) is 0 Å². The molecule has 0 aliphatic heterocycles. The third-order valence-electron chi connectivity index (χ3n) is 2.09. The Balaban J connectivity index is 3.21. The summed E-state index contributed by atoms with van der Waals surface area (Å²) in [7, 11) is 1.90. The zero-order chi connectivity index (χ0) is 12.2. The van der Waals surface area contributed by atoms with Crippen molar-refractivity contribution in [2.75, 3.05) is 33.2 Å². The third kappa shape index (κ3) is 11.1. The molecule has 1 amide bonds. The van der Waals surface area contributed by atoms with E-state index in [4.69, 9.17) is 0 Å². The minimum atomic E-state index is -0.00647. The molecule has 0 saturated carbocycles. The van der Waals surface area contributed by atoms with Crippen molar-refractivity contribution in [3.63, 3.8) is 0 Å². The first-order valence-corrected chi connectivity index (χ1v) is 5.78. The van der Waals surface area contributed by atoms with Crippen LogP contribution < -0.4 is 16.0 Å². The molecule has 0 aliphatic carbocycles. The first-order chi connectivity index (χ1) is 7.66. The van der Waals surface area contributed by atoms with Crippen molar-refractivity contribution in [3.8, 4) is 0 Å². The lowest BCUT2D eigenvalue weighted by molar-refractivity contribution is -0.121. The second-order valence-electron chi connectivity index (χ2n) is 3.79. The smallest absolute Gasteiger partial charge is 0.233 e. The maximum atomic E-state index is 11.2. The summed E-state index contributed by atoms with van der Waals surface area (Å²) < 4.78 is 0. The molecule has 0 unspecified atom stereocenters. The minimum absolute atomic E-state index is 0.00647. The summed E-state index contributed by atoms with van der Waals surface area (Å²) >= 11 is 0. The van der Waals surface area contributed by atoms with Crippen LogP contribution in [0.5, 0.6) is 0 Å². The van der Waals surface area contributed by atoms with Crippen LogP contribution in [0.15, 0.2) is 0 Å². The number of Topliss-reactive ketones (excluding diaryl/α,β-unsaturated/α-hetero) is 1. The largest absolute Gasteiger partial charge is 0.355 e. The number of ketones is 1. The molecular formula is C11H23N3O2. The lowest BCUT2D eigenvalue weighted by atomic mass is 10.2. The molecule has 0 bridgehead atoms. The summed E-state index contributed by atoms with van der Waals surface area (Å²) in [5.41, 5.74) is 0. The van der Waals surface area contributed by atoms with Gasteiger partial charge in [-0.25, -0.2) is 0 Å². The van der Waals surface area contributed by atoms with Gasteiger partial charge in [-0.05, 0) is 39.9 Å². The molecule has 5 heteroatoms. The van der Waals surface area contributed by atoms with Crippen molar-refractivity contribution in [2.45, 2.75) is 26.2 Å². The monoisotopic (exact) mass is 229 g/mol. The number of carbonyl (C=O) groups excluding carboxylic acids is 2. The van der Waals surface area contributed by atoms with Crippen molar-refractivity contribution in [2.24, 2.45) is 0 Å². The van der Waals surface area contributed by atoms with Gasteiger partial charge in [-0.3, -0.25) is 4.79 Å². The number of nitrogens with one attached hydrogen (secondary N) is 3. The number of hydrogen-bond donors (Lipinski definition) is 3. The first kappa shape index (κ1) is 15.1. The topological polar surface area (TPSA) is 70.2 Å². The Kier molecular flexibility index (Phi) is 9.95. The summed E-state index contributed by atoms with van der Waals surface area (Å²) in [6.45, 7) is 4.28. The highest BCUT2D eigenvalue weighted by Crippen LogP contribution is 1.87. The Bertz CT molecular complexity index is 207. The van der Waals surface area contributed by atoms with E-state index in [1.807, 2.05) is 7.05 Å². The summed E-state index contributed by atoms with van der Waals surface area (Å²) in [5.74, 6) is 0.160. The molecule has 16 heavy (non-hydrogen) atoms. The molecule has 5 nitrogen and oxygen atoms in total. The van der Waals surface area contributed by atoms with Gasteiger partial charge in [-0.1, -0.05) is 0 Å². The van der Waals surface area contributed by atoms with Gasteiger partial charge >= 0.3 is 0 Å². The highest BCUT2D eigenvalue weighted by Gasteiger charge is 1.99. The fourth-order valence-corrected chi connectivity index (χ4v) is 1.22. The van der Waals surface area contributed by atoms with Crippen molar-refractivity contribution in [1.29, 1.82) is 0 Å². The zero-order valence-electron chi connectivity index (χ0n) is 10.3. The van der Waals surface area contributed by atoms with Gasteiger partial charge in [0, 0.05) is 13.0 Å². The maximum Gasteiger partial charge on any atom is 0.233 e. The van der Waals surface area contributed by atoms with Gasteiger partial charge in [-0.2, -0.15) is 0 Å². The predicted molar refractivity (Wildman–Crippen MR) is 64.3 cm³/mol. The van der Waals surface area contributed by atoms with E-state index in [0.717, 1.165) is 25.9 Å². The lowest BCUT2D eigenvalue weighted by Gasteiger charge is -2.06. The van der Waals surface area contributed by atoms with Gasteiger partial charge in [-0.15, -0.1) is 0 Å². The molecule has 0 heterocycles. The van der Waals surface area contributed by atoms with E-state index < -0.39 is 0 Å². The van der Waals surface area contributed by atoms with Crippen LogP contribution in [0.3, 0.4) is 0 Å². The molecule has 0 aromatic rings. The Morgan fingerprint density at radius 3 is 2.44 bits per heavy atom. The van der Waals surface area contributed by atoms with Gasteiger partial charge in [0.25, 0.3) is 0 Å². The normalized spacial score (nSPS) is 10.1. The lowest BCUT2D eigenvalue weighted by Crippen LogP contribution is -2.35. The van der Waals surface area contributed by atoms with Gasteiger partial charge < -0.3 is 20.7 Å². The van der Waals surface area contributed by atoms with Crippen LogP contribution in [0.4, 0.5) is 0 Å². The first-order valence-electron chi connectivity index (χ1n) is 5.78. The molecule has 0 aliphatic rings. The summed E-state index contributed by atoms with van der Waals surface area (Å²) in [5, 5.41) is 8.85. The van der Waals surface area contributed by atoms with Crippen LogP contribution in [0.2, 0.25) is 0 Å². The van der Waals surface area contributed by atoms with E-state index in [1.54, 1.807) is 6.92 Å². The second-order valence-corrected chi connectivity index (χ2v) is 3.79. The van der Waals surface area contributed by atoms with Crippen LogP contribution in [0, 0.1) is 0 Å². The van der Waals surface area contributed by atoms with Crippen LogP contribution in [0.1, 0.15) is 26.2 Å². The molecule has 0 saturated heterocycles. The number of rotatable bonds is 10. The number of carbonyl (C=O) groups is 2. The van der Waals surface area contributed by atoms with Crippen molar-refractivity contribution in [1.82, 2.24) is 16.0 Å². The van der Waals surface area contributed by atoms with Crippen molar-refractivity contribution in [3.05, 3.63) is 0 Å². The van der Waals surface area contributed by atoms with E-state index in [1.165, 1.54) is 0 Å². The Hall–Kier alpha value is -0.940. The molecule has 0 fully saturated rings. The molecule has 0 rings (SSSR count). The van der Waals surface area contributed by atoms with Gasteiger partial charge in [0.1, 0.15) is 5.78 Å². The molecule has 0 aromatic carbocycles. The molecular weight excluding hydrogens is 206 g/mol. The second kappa shape index (κ2) is 10.6.